The predicted octanol–water partition coefficient (Wildman–Crippen LogP) is 2.28. The van der Waals surface area contributed by atoms with Crippen LogP contribution in [-0.4, -0.2) is 29.1 Å². The Kier molecular flexibility index (Phi) is 3.59. The van der Waals surface area contributed by atoms with Gasteiger partial charge in [-0.3, -0.25) is 5.21 Å². The van der Waals surface area contributed by atoms with Crippen molar-refractivity contribution in [3.63, 3.8) is 0 Å². The number of urea groups is 1. The molecule has 17 heavy (non-hydrogen) atoms. The monoisotopic (exact) mass is 252 g/mol. The first-order valence-corrected chi connectivity index (χ1v) is 6.74. The second-order valence-corrected chi connectivity index (χ2v) is 5.18. The van der Waals surface area contributed by atoms with Crippen LogP contribution < -0.4 is 5.73 Å². The van der Waals surface area contributed by atoms with Crippen molar-refractivity contribution < 1.29 is 10.0 Å². The molecule has 5 heteroatoms. The van der Waals surface area contributed by atoms with Gasteiger partial charge in [0.05, 0.1) is 6.54 Å². The highest BCUT2D eigenvalue weighted by atomic mass is 32.2. The number of carbonyl (C=O) groups is 1. The molecular formula is C12H16N2O2S. The van der Waals surface area contributed by atoms with E-state index >= 15 is 0 Å². The van der Waals surface area contributed by atoms with E-state index in [1.54, 1.807) is 11.8 Å². The molecule has 4 nitrogen and oxygen atoms in total. The highest BCUT2D eigenvalue weighted by Gasteiger charge is 2.39. The van der Waals surface area contributed by atoms with Crippen molar-refractivity contribution in [1.82, 2.24) is 5.06 Å². The second-order valence-electron chi connectivity index (χ2n) is 4.30. The average Bonchev–Trinajstić information content (AvgIpc) is 3.08. The van der Waals surface area contributed by atoms with Crippen LogP contribution in [0.1, 0.15) is 17.9 Å². The minimum Gasteiger partial charge on any atom is -0.350 e. The normalized spacial score (nSPS) is 22.2. The van der Waals surface area contributed by atoms with E-state index in [0.717, 1.165) is 6.42 Å². The Morgan fingerprint density at radius 2 is 2.41 bits per heavy atom. The lowest BCUT2D eigenvalue weighted by atomic mass is 10.1. The standard InChI is InChI=1S/C12H16N2O2S/c1-17-10-4-2-3-8(5-10)11-6-9(11)7-14(16)12(13)15/h2-5,9,11,16H,6-7H2,1H3,(H2,13,15)/t9-,11-/m0/s1. The molecule has 0 aromatic heterocycles. The molecule has 1 fully saturated rings. The molecule has 0 unspecified atom stereocenters. The molecule has 1 aliphatic carbocycles. The minimum atomic E-state index is -0.784. The second kappa shape index (κ2) is 4.98. The van der Waals surface area contributed by atoms with Gasteiger partial charge >= 0.3 is 6.03 Å². The number of rotatable bonds is 4. The summed E-state index contributed by atoms with van der Waals surface area (Å²) in [6, 6.07) is 7.60. The summed E-state index contributed by atoms with van der Waals surface area (Å²) < 4.78 is 0. The quantitative estimate of drug-likeness (QED) is 0.491. The molecule has 0 saturated heterocycles. The smallest absolute Gasteiger partial charge is 0.338 e. The fourth-order valence-electron chi connectivity index (χ4n) is 2.04. The van der Waals surface area contributed by atoms with Crippen LogP contribution in [0.15, 0.2) is 29.2 Å². The number of carbonyl (C=O) groups excluding carboxylic acids is 1. The molecule has 0 heterocycles. The van der Waals surface area contributed by atoms with Gasteiger partial charge in [0, 0.05) is 4.90 Å². The maximum atomic E-state index is 10.7. The molecule has 0 bridgehead atoms. The van der Waals surface area contributed by atoms with E-state index in [4.69, 9.17) is 5.73 Å². The van der Waals surface area contributed by atoms with Crippen molar-refractivity contribution in [1.29, 1.82) is 0 Å². The summed E-state index contributed by atoms with van der Waals surface area (Å²) in [5.74, 6) is 0.765. The topological polar surface area (TPSA) is 66.6 Å². The summed E-state index contributed by atoms with van der Waals surface area (Å²) >= 11 is 1.71. The van der Waals surface area contributed by atoms with E-state index in [0.29, 0.717) is 23.4 Å². The van der Waals surface area contributed by atoms with Gasteiger partial charge in [-0.25, -0.2) is 9.86 Å². The number of hydrogen-bond donors (Lipinski definition) is 2. The van der Waals surface area contributed by atoms with Gasteiger partial charge in [-0.1, -0.05) is 12.1 Å². The molecule has 1 aliphatic rings. The van der Waals surface area contributed by atoms with E-state index in [2.05, 4.69) is 18.2 Å². The zero-order chi connectivity index (χ0) is 12.4. The molecule has 3 N–H and O–H groups in total. The van der Waals surface area contributed by atoms with E-state index in [1.165, 1.54) is 10.5 Å². The van der Waals surface area contributed by atoms with Crippen molar-refractivity contribution in [3.8, 4) is 0 Å². The van der Waals surface area contributed by atoms with Crippen molar-refractivity contribution >= 4 is 17.8 Å². The third-order valence-corrected chi connectivity index (χ3v) is 3.83. The molecule has 1 aromatic rings. The Morgan fingerprint density at radius 3 is 3.06 bits per heavy atom. The third kappa shape index (κ3) is 2.92. The van der Waals surface area contributed by atoms with Crippen molar-refractivity contribution in [3.05, 3.63) is 29.8 Å². The van der Waals surface area contributed by atoms with Gasteiger partial charge in [-0.2, -0.15) is 0 Å². The van der Waals surface area contributed by atoms with Crippen LogP contribution in [0.2, 0.25) is 0 Å². The number of nitrogens with two attached hydrogens (primary N) is 1. The molecule has 0 aliphatic heterocycles. The lowest BCUT2D eigenvalue weighted by Crippen LogP contribution is -2.34. The number of hydrogen-bond acceptors (Lipinski definition) is 3. The van der Waals surface area contributed by atoms with E-state index in [1.807, 2.05) is 12.3 Å². The summed E-state index contributed by atoms with van der Waals surface area (Å²) in [6.45, 7) is 0.323. The average molecular weight is 252 g/mol. The minimum absolute atomic E-state index is 0.323. The Labute approximate surface area is 105 Å². The van der Waals surface area contributed by atoms with Gasteiger partial charge in [-0.15, -0.1) is 11.8 Å². The molecule has 0 spiro atoms. The molecule has 92 valence electrons. The Morgan fingerprint density at radius 1 is 1.65 bits per heavy atom. The highest BCUT2D eigenvalue weighted by molar-refractivity contribution is 7.98. The number of primary amides is 1. The molecule has 2 rings (SSSR count). The number of hydroxylamine groups is 2. The summed E-state index contributed by atoms with van der Waals surface area (Å²) in [6.07, 6.45) is 3.05. The van der Waals surface area contributed by atoms with Crippen LogP contribution in [0.25, 0.3) is 0 Å². The number of nitrogens with zero attached hydrogens (tertiary/aromatic N) is 1. The van der Waals surface area contributed by atoms with Crippen molar-refractivity contribution in [2.45, 2.75) is 17.2 Å². The van der Waals surface area contributed by atoms with Crippen molar-refractivity contribution in [2.75, 3.05) is 12.8 Å². The third-order valence-electron chi connectivity index (χ3n) is 3.11. The SMILES string of the molecule is CSc1cccc([C@@H]2C[C@H]2CN(O)C(N)=O)c1. The van der Waals surface area contributed by atoms with Crippen LogP contribution >= 0.6 is 11.8 Å². The first-order chi connectivity index (χ1) is 8.11. The molecule has 1 saturated carbocycles. The van der Waals surface area contributed by atoms with Crippen LogP contribution in [0.4, 0.5) is 4.79 Å². The van der Waals surface area contributed by atoms with E-state index < -0.39 is 6.03 Å². The highest BCUT2D eigenvalue weighted by Crippen LogP contribution is 2.48. The maximum absolute atomic E-state index is 10.7. The summed E-state index contributed by atoms with van der Waals surface area (Å²) in [5.41, 5.74) is 6.25. The molecule has 2 atom stereocenters. The summed E-state index contributed by atoms with van der Waals surface area (Å²) in [7, 11) is 0. The molecule has 0 radical (unpaired) electrons. The number of amides is 2. The van der Waals surface area contributed by atoms with Crippen LogP contribution in [-0.2, 0) is 0 Å². The first-order valence-electron chi connectivity index (χ1n) is 5.51. The Hall–Kier alpha value is -1.20. The van der Waals surface area contributed by atoms with Crippen LogP contribution in [0.3, 0.4) is 0 Å². The fraction of sp³-hybridized carbons (Fsp3) is 0.417. The van der Waals surface area contributed by atoms with Gasteiger partial charge in [0.15, 0.2) is 0 Å². The Bertz CT molecular complexity index is 425. The van der Waals surface area contributed by atoms with Gasteiger partial charge in [0.1, 0.15) is 0 Å². The maximum Gasteiger partial charge on any atom is 0.338 e. The van der Waals surface area contributed by atoms with Gasteiger partial charge < -0.3 is 5.73 Å². The summed E-state index contributed by atoms with van der Waals surface area (Å²) in [5, 5.41) is 9.86. The van der Waals surface area contributed by atoms with Gasteiger partial charge in [0.2, 0.25) is 0 Å². The molecule has 2 amide bonds. The lowest BCUT2D eigenvalue weighted by Gasteiger charge is -2.11. The van der Waals surface area contributed by atoms with E-state index in [-0.39, 0.29) is 0 Å². The van der Waals surface area contributed by atoms with Crippen molar-refractivity contribution in [2.24, 2.45) is 11.7 Å². The number of thioether (sulfide) groups is 1. The summed E-state index contributed by atoms with van der Waals surface area (Å²) in [4.78, 5) is 11.9. The predicted molar refractivity (Wildman–Crippen MR) is 67.1 cm³/mol. The lowest BCUT2D eigenvalue weighted by molar-refractivity contribution is -0.0431. The van der Waals surface area contributed by atoms with Gasteiger partial charge in [0.25, 0.3) is 0 Å². The van der Waals surface area contributed by atoms with Gasteiger partial charge in [-0.05, 0) is 42.2 Å². The molecular weight excluding hydrogens is 236 g/mol. The zero-order valence-electron chi connectivity index (χ0n) is 9.67. The Balaban J connectivity index is 1.95. The number of benzene rings is 1. The fourth-order valence-corrected chi connectivity index (χ4v) is 2.51. The zero-order valence-corrected chi connectivity index (χ0v) is 10.5. The largest absolute Gasteiger partial charge is 0.350 e. The van der Waals surface area contributed by atoms with Crippen LogP contribution in [0, 0.1) is 5.92 Å². The van der Waals surface area contributed by atoms with E-state index in [9.17, 15) is 10.0 Å². The first kappa shape index (κ1) is 12.3. The molecule has 1 aromatic carbocycles. The van der Waals surface area contributed by atoms with Crippen LogP contribution in [0.5, 0.6) is 0 Å².